The van der Waals surface area contributed by atoms with Crippen molar-refractivity contribution in [3.63, 3.8) is 0 Å². The van der Waals surface area contributed by atoms with Crippen LogP contribution in [0.5, 0.6) is 0 Å². The van der Waals surface area contributed by atoms with Gasteiger partial charge in [-0.1, -0.05) is 55.3 Å². The van der Waals surface area contributed by atoms with Crippen molar-refractivity contribution in [1.82, 2.24) is 10.2 Å². The van der Waals surface area contributed by atoms with Crippen LogP contribution in [0.2, 0.25) is 5.02 Å². The lowest BCUT2D eigenvalue weighted by molar-refractivity contribution is -0.140. The zero-order chi connectivity index (χ0) is 29.4. The summed E-state index contributed by atoms with van der Waals surface area (Å²) in [6, 6.07) is 17.1. The Morgan fingerprint density at radius 2 is 1.52 bits per heavy atom. The number of aryl methyl sites for hydroxylation is 1. The number of nitrogens with one attached hydrogen (secondary N) is 1. The van der Waals surface area contributed by atoms with E-state index in [-0.39, 0.29) is 23.4 Å². The van der Waals surface area contributed by atoms with Gasteiger partial charge in [-0.05, 0) is 80.8 Å². The summed E-state index contributed by atoms with van der Waals surface area (Å²) >= 11 is 5.98. The highest BCUT2D eigenvalue weighted by Crippen LogP contribution is 2.26. The minimum absolute atomic E-state index is 0.00568. The topological polar surface area (TPSA) is 86.8 Å². The summed E-state index contributed by atoms with van der Waals surface area (Å²) in [6.45, 7) is 6.91. The molecular formula is C30H35ClFN3O4S. The van der Waals surface area contributed by atoms with Gasteiger partial charge in [-0.2, -0.15) is 0 Å². The van der Waals surface area contributed by atoms with Gasteiger partial charge in [0.1, 0.15) is 18.4 Å². The first-order valence-corrected chi connectivity index (χ1v) is 15.0. The average Bonchev–Trinajstić information content (AvgIpc) is 2.93. The molecule has 1 N–H and O–H groups in total. The Bertz CT molecular complexity index is 1400. The Balaban J connectivity index is 2.04. The highest BCUT2D eigenvalue weighted by atomic mass is 35.5. The van der Waals surface area contributed by atoms with Crippen molar-refractivity contribution in [1.29, 1.82) is 0 Å². The maximum atomic E-state index is 14.0. The summed E-state index contributed by atoms with van der Waals surface area (Å²) < 4.78 is 42.3. The minimum Gasteiger partial charge on any atom is -0.352 e. The fourth-order valence-corrected chi connectivity index (χ4v) is 5.66. The van der Waals surface area contributed by atoms with E-state index >= 15 is 0 Å². The predicted octanol–water partition coefficient (Wildman–Crippen LogP) is 5.70. The summed E-state index contributed by atoms with van der Waals surface area (Å²) in [5, 5.41) is 3.30. The van der Waals surface area contributed by atoms with E-state index in [1.54, 1.807) is 31.2 Å². The zero-order valence-electron chi connectivity index (χ0n) is 23.1. The maximum absolute atomic E-state index is 14.0. The summed E-state index contributed by atoms with van der Waals surface area (Å²) in [5.41, 5.74) is 1.82. The van der Waals surface area contributed by atoms with Crippen molar-refractivity contribution in [2.24, 2.45) is 0 Å². The number of amides is 2. The van der Waals surface area contributed by atoms with Gasteiger partial charge in [0.25, 0.3) is 10.0 Å². The van der Waals surface area contributed by atoms with Gasteiger partial charge in [0.05, 0.1) is 10.6 Å². The monoisotopic (exact) mass is 587 g/mol. The Kier molecular flexibility index (Phi) is 10.7. The van der Waals surface area contributed by atoms with E-state index in [9.17, 15) is 22.4 Å². The second-order valence-corrected chi connectivity index (χ2v) is 12.0. The van der Waals surface area contributed by atoms with Crippen LogP contribution >= 0.6 is 11.6 Å². The second kappa shape index (κ2) is 13.8. The smallest absolute Gasteiger partial charge is 0.264 e. The molecule has 0 saturated carbocycles. The van der Waals surface area contributed by atoms with Crippen LogP contribution in [0.1, 0.15) is 44.7 Å². The molecule has 10 heteroatoms. The summed E-state index contributed by atoms with van der Waals surface area (Å²) in [6.07, 6.45) is 0.998. The number of nitrogens with zero attached hydrogens (tertiary/aromatic N) is 2. The first kappa shape index (κ1) is 31.1. The van der Waals surface area contributed by atoms with E-state index in [1.807, 2.05) is 20.8 Å². The van der Waals surface area contributed by atoms with Gasteiger partial charge < -0.3 is 10.2 Å². The Morgan fingerprint density at radius 1 is 0.925 bits per heavy atom. The largest absolute Gasteiger partial charge is 0.352 e. The molecule has 0 aliphatic heterocycles. The molecule has 214 valence electrons. The molecule has 0 heterocycles. The number of halogens is 2. The van der Waals surface area contributed by atoms with Crippen LogP contribution in [0.25, 0.3) is 0 Å². The number of hydrogen-bond donors (Lipinski definition) is 1. The number of anilines is 1. The highest BCUT2D eigenvalue weighted by molar-refractivity contribution is 7.92. The molecular weight excluding hydrogens is 553 g/mol. The fourth-order valence-electron chi connectivity index (χ4n) is 4.12. The van der Waals surface area contributed by atoms with Crippen LogP contribution in [-0.2, 0) is 26.2 Å². The molecule has 0 fully saturated rings. The SMILES string of the molecule is CCC(C)NC(=O)C(CC)N(Cc1ccc(F)cc1)C(=O)CN(c1ccc(C)cc1)S(=O)(=O)c1ccc(Cl)cc1. The van der Waals surface area contributed by atoms with Crippen LogP contribution < -0.4 is 9.62 Å². The van der Waals surface area contributed by atoms with E-state index in [0.717, 1.165) is 9.87 Å². The van der Waals surface area contributed by atoms with Crippen molar-refractivity contribution in [2.45, 2.75) is 64.1 Å². The van der Waals surface area contributed by atoms with Crippen LogP contribution in [0.4, 0.5) is 10.1 Å². The normalized spacial score (nSPS) is 12.8. The van der Waals surface area contributed by atoms with Gasteiger partial charge in [0.2, 0.25) is 11.8 Å². The van der Waals surface area contributed by atoms with E-state index < -0.39 is 34.3 Å². The third-order valence-electron chi connectivity index (χ3n) is 6.66. The highest BCUT2D eigenvalue weighted by Gasteiger charge is 2.34. The lowest BCUT2D eigenvalue weighted by Gasteiger charge is -2.33. The standard InChI is InChI=1S/C30H35ClFN3O4S/c1-5-22(4)33-30(37)28(6-2)34(19-23-9-13-25(32)14-10-23)29(36)20-35(26-15-7-21(3)8-16-26)40(38,39)27-17-11-24(31)12-18-27/h7-18,22,28H,5-6,19-20H2,1-4H3,(H,33,37). The summed E-state index contributed by atoms with van der Waals surface area (Å²) in [5.74, 6) is -1.34. The first-order valence-electron chi connectivity index (χ1n) is 13.2. The van der Waals surface area contributed by atoms with E-state index in [4.69, 9.17) is 11.6 Å². The molecule has 0 aliphatic carbocycles. The fraction of sp³-hybridized carbons (Fsp3) is 0.333. The average molecular weight is 588 g/mol. The lowest BCUT2D eigenvalue weighted by atomic mass is 10.1. The molecule has 2 unspecified atom stereocenters. The van der Waals surface area contributed by atoms with Crippen molar-refractivity contribution in [3.8, 4) is 0 Å². The molecule has 0 aromatic heterocycles. The number of hydrogen-bond acceptors (Lipinski definition) is 4. The van der Waals surface area contributed by atoms with E-state index in [0.29, 0.717) is 29.1 Å². The summed E-state index contributed by atoms with van der Waals surface area (Å²) in [4.78, 5) is 28.6. The van der Waals surface area contributed by atoms with Crippen molar-refractivity contribution in [3.05, 3.63) is 94.8 Å². The first-order chi connectivity index (χ1) is 19.0. The zero-order valence-corrected chi connectivity index (χ0v) is 24.7. The molecule has 0 saturated heterocycles. The maximum Gasteiger partial charge on any atom is 0.264 e. The van der Waals surface area contributed by atoms with Gasteiger partial charge in [-0.25, -0.2) is 12.8 Å². The Hall–Kier alpha value is -3.43. The number of carbonyl (C=O) groups is 2. The van der Waals surface area contributed by atoms with Gasteiger partial charge in [0.15, 0.2) is 0 Å². The lowest BCUT2D eigenvalue weighted by Crippen LogP contribution is -2.53. The molecule has 2 amide bonds. The number of rotatable bonds is 12. The molecule has 3 aromatic carbocycles. The number of carbonyl (C=O) groups excluding carboxylic acids is 2. The molecule has 40 heavy (non-hydrogen) atoms. The van der Waals surface area contributed by atoms with Crippen molar-refractivity contribution < 1.29 is 22.4 Å². The van der Waals surface area contributed by atoms with Crippen molar-refractivity contribution >= 4 is 39.1 Å². The number of sulfonamides is 1. The third-order valence-corrected chi connectivity index (χ3v) is 8.70. The quantitative estimate of drug-likeness (QED) is 0.294. The van der Waals surface area contributed by atoms with Gasteiger partial charge >= 0.3 is 0 Å². The van der Waals surface area contributed by atoms with Crippen LogP contribution in [-0.4, -0.2) is 43.8 Å². The van der Waals surface area contributed by atoms with Gasteiger partial charge in [-0.3, -0.25) is 13.9 Å². The minimum atomic E-state index is -4.19. The van der Waals surface area contributed by atoms with Crippen LogP contribution in [0.15, 0.2) is 77.7 Å². The molecule has 0 radical (unpaired) electrons. The second-order valence-electron chi connectivity index (χ2n) is 9.69. The van der Waals surface area contributed by atoms with Crippen LogP contribution in [0, 0.1) is 12.7 Å². The van der Waals surface area contributed by atoms with Gasteiger partial charge in [0, 0.05) is 17.6 Å². The van der Waals surface area contributed by atoms with Crippen LogP contribution in [0.3, 0.4) is 0 Å². The molecule has 2 atom stereocenters. The van der Waals surface area contributed by atoms with E-state index in [2.05, 4.69) is 5.32 Å². The molecule has 0 bridgehead atoms. The van der Waals surface area contributed by atoms with E-state index in [1.165, 1.54) is 53.4 Å². The number of benzene rings is 3. The summed E-state index contributed by atoms with van der Waals surface area (Å²) in [7, 11) is -4.19. The Morgan fingerprint density at radius 3 is 2.08 bits per heavy atom. The third kappa shape index (κ3) is 7.82. The van der Waals surface area contributed by atoms with Gasteiger partial charge in [-0.15, -0.1) is 0 Å². The molecule has 7 nitrogen and oxygen atoms in total. The molecule has 0 spiro atoms. The van der Waals surface area contributed by atoms with Crippen molar-refractivity contribution in [2.75, 3.05) is 10.8 Å². The Labute approximate surface area is 241 Å². The molecule has 3 rings (SSSR count). The molecule has 3 aromatic rings. The molecule has 0 aliphatic rings. The predicted molar refractivity (Wildman–Crippen MR) is 156 cm³/mol.